The summed E-state index contributed by atoms with van der Waals surface area (Å²) in [5.74, 6) is 2.59. The molecule has 2 aromatic rings. The standard InChI is InChI=1S/C24H34N4O3/c1-25-24(27(2)18-20-7-5-6-8-23(20)30-4)26-17-22(28-13-15-31-16-14-28)19-9-11-21(29-3)12-10-19/h5-12,22H,13-18H2,1-4H3,(H,25,26). The van der Waals surface area contributed by atoms with Crippen LogP contribution < -0.4 is 14.8 Å². The minimum absolute atomic E-state index is 0.214. The molecule has 2 aromatic carbocycles. The quantitative estimate of drug-likeness (QED) is 0.518. The van der Waals surface area contributed by atoms with Gasteiger partial charge in [0, 0.05) is 45.8 Å². The number of benzene rings is 2. The molecule has 1 unspecified atom stereocenters. The average Bonchev–Trinajstić information content (AvgIpc) is 2.83. The molecule has 3 rings (SSSR count). The van der Waals surface area contributed by atoms with Crippen LogP contribution in [0.1, 0.15) is 17.2 Å². The molecule has 0 aromatic heterocycles. The van der Waals surface area contributed by atoms with Crippen LogP contribution >= 0.6 is 0 Å². The zero-order chi connectivity index (χ0) is 22.1. The zero-order valence-electron chi connectivity index (χ0n) is 19.0. The van der Waals surface area contributed by atoms with Crippen LogP contribution in [0.15, 0.2) is 53.5 Å². The second-order valence-electron chi connectivity index (χ2n) is 7.53. The number of morpholine rings is 1. The highest BCUT2D eigenvalue weighted by atomic mass is 16.5. The van der Waals surface area contributed by atoms with Gasteiger partial charge in [-0.05, 0) is 23.8 Å². The molecule has 7 nitrogen and oxygen atoms in total. The zero-order valence-corrected chi connectivity index (χ0v) is 19.0. The summed E-state index contributed by atoms with van der Waals surface area (Å²) in [4.78, 5) is 9.08. The van der Waals surface area contributed by atoms with E-state index < -0.39 is 0 Å². The van der Waals surface area contributed by atoms with Crippen LogP contribution in [0.4, 0.5) is 0 Å². The minimum atomic E-state index is 0.214. The lowest BCUT2D eigenvalue weighted by Gasteiger charge is -2.35. The highest BCUT2D eigenvalue weighted by Gasteiger charge is 2.23. The van der Waals surface area contributed by atoms with E-state index in [1.807, 2.05) is 44.4 Å². The molecule has 1 heterocycles. The molecule has 0 amide bonds. The molecule has 1 N–H and O–H groups in total. The van der Waals surface area contributed by atoms with Gasteiger partial charge in [-0.1, -0.05) is 30.3 Å². The van der Waals surface area contributed by atoms with Crippen LogP contribution in [-0.4, -0.2) is 76.9 Å². The topological polar surface area (TPSA) is 58.6 Å². The van der Waals surface area contributed by atoms with Gasteiger partial charge in [0.1, 0.15) is 11.5 Å². The first-order valence-corrected chi connectivity index (χ1v) is 10.7. The van der Waals surface area contributed by atoms with Gasteiger partial charge in [-0.3, -0.25) is 9.89 Å². The fourth-order valence-electron chi connectivity index (χ4n) is 3.91. The molecular formula is C24H34N4O3. The van der Waals surface area contributed by atoms with Crippen LogP contribution in [0.25, 0.3) is 0 Å². The van der Waals surface area contributed by atoms with E-state index in [1.165, 1.54) is 5.56 Å². The number of nitrogens with zero attached hydrogens (tertiary/aromatic N) is 3. The van der Waals surface area contributed by atoms with E-state index in [2.05, 4.69) is 38.3 Å². The Hall–Kier alpha value is -2.77. The number of para-hydroxylation sites is 1. The summed E-state index contributed by atoms with van der Waals surface area (Å²) in [7, 11) is 7.25. The second kappa shape index (κ2) is 11.6. The first-order chi connectivity index (χ1) is 15.2. The van der Waals surface area contributed by atoms with Crippen LogP contribution in [0, 0.1) is 0 Å². The molecule has 1 fully saturated rings. The Morgan fingerprint density at radius 2 is 1.81 bits per heavy atom. The summed E-state index contributed by atoms with van der Waals surface area (Å²) in [6, 6.07) is 16.6. The Bertz CT molecular complexity index is 835. The molecule has 0 saturated carbocycles. The van der Waals surface area contributed by atoms with Gasteiger partial charge in [0.2, 0.25) is 0 Å². The summed E-state index contributed by atoms with van der Waals surface area (Å²) in [6.45, 7) is 4.79. The molecule has 0 radical (unpaired) electrons. The predicted octanol–water partition coefficient (Wildman–Crippen LogP) is 2.78. The van der Waals surface area contributed by atoms with E-state index in [-0.39, 0.29) is 6.04 Å². The van der Waals surface area contributed by atoms with Crippen molar-refractivity contribution in [2.45, 2.75) is 12.6 Å². The minimum Gasteiger partial charge on any atom is -0.497 e. The Balaban J connectivity index is 1.70. The highest BCUT2D eigenvalue weighted by Crippen LogP contribution is 2.24. The third-order valence-corrected chi connectivity index (χ3v) is 5.61. The molecule has 31 heavy (non-hydrogen) atoms. The molecule has 1 aliphatic heterocycles. The number of hydrogen-bond donors (Lipinski definition) is 1. The largest absolute Gasteiger partial charge is 0.497 e. The van der Waals surface area contributed by atoms with Crippen molar-refractivity contribution in [2.24, 2.45) is 4.99 Å². The van der Waals surface area contributed by atoms with Crippen LogP contribution in [0.2, 0.25) is 0 Å². The predicted molar refractivity (Wildman–Crippen MR) is 124 cm³/mol. The molecule has 168 valence electrons. The smallest absolute Gasteiger partial charge is 0.193 e. The molecule has 0 aliphatic carbocycles. The summed E-state index contributed by atoms with van der Waals surface area (Å²) in [5.41, 5.74) is 2.37. The Labute approximate surface area is 185 Å². The maximum Gasteiger partial charge on any atom is 0.193 e. The lowest BCUT2D eigenvalue weighted by atomic mass is 10.0. The van der Waals surface area contributed by atoms with Crippen molar-refractivity contribution in [1.82, 2.24) is 15.1 Å². The maximum atomic E-state index is 5.57. The summed E-state index contributed by atoms with van der Waals surface area (Å²) in [6.07, 6.45) is 0. The van der Waals surface area contributed by atoms with Gasteiger partial charge in [-0.15, -0.1) is 0 Å². The van der Waals surface area contributed by atoms with E-state index in [9.17, 15) is 0 Å². The van der Waals surface area contributed by atoms with Crippen molar-refractivity contribution in [1.29, 1.82) is 0 Å². The van der Waals surface area contributed by atoms with Crippen molar-refractivity contribution >= 4 is 5.96 Å². The molecule has 0 spiro atoms. The van der Waals surface area contributed by atoms with E-state index in [1.54, 1.807) is 14.2 Å². The van der Waals surface area contributed by atoms with E-state index in [0.717, 1.165) is 55.9 Å². The normalized spacial score (nSPS) is 15.9. The maximum absolute atomic E-state index is 5.57. The lowest BCUT2D eigenvalue weighted by molar-refractivity contribution is 0.0169. The Morgan fingerprint density at radius 1 is 1.10 bits per heavy atom. The summed E-state index contributed by atoms with van der Waals surface area (Å²) in [5, 5.41) is 3.57. The molecule has 1 atom stereocenters. The SMILES string of the molecule is CN=C(NCC(c1ccc(OC)cc1)N1CCOCC1)N(C)Cc1ccccc1OC. The summed E-state index contributed by atoms with van der Waals surface area (Å²) < 4.78 is 16.4. The fourth-order valence-corrected chi connectivity index (χ4v) is 3.91. The van der Waals surface area contributed by atoms with Gasteiger partial charge in [0.15, 0.2) is 5.96 Å². The molecule has 0 bridgehead atoms. The molecular weight excluding hydrogens is 392 g/mol. The van der Waals surface area contributed by atoms with Gasteiger partial charge in [-0.2, -0.15) is 0 Å². The third kappa shape index (κ3) is 6.12. The first kappa shape index (κ1) is 22.9. The van der Waals surface area contributed by atoms with Gasteiger partial charge in [0.05, 0.1) is 33.5 Å². The highest BCUT2D eigenvalue weighted by molar-refractivity contribution is 5.79. The van der Waals surface area contributed by atoms with Crippen molar-refractivity contribution in [3.05, 3.63) is 59.7 Å². The van der Waals surface area contributed by atoms with Crippen LogP contribution in [0.5, 0.6) is 11.5 Å². The molecule has 1 saturated heterocycles. The Kier molecular flexibility index (Phi) is 8.55. The first-order valence-electron chi connectivity index (χ1n) is 10.7. The van der Waals surface area contributed by atoms with Gasteiger partial charge >= 0.3 is 0 Å². The van der Waals surface area contributed by atoms with Gasteiger partial charge in [0.25, 0.3) is 0 Å². The number of ether oxygens (including phenoxy) is 3. The van der Waals surface area contributed by atoms with E-state index in [4.69, 9.17) is 14.2 Å². The van der Waals surface area contributed by atoms with Crippen molar-refractivity contribution in [3.8, 4) is 11.5 Å². The fraction of sp³-hybridized carbons (Fsp3) is 0.458. The summed E-state index contributed by atoms with van der Waals surface area (Å²) >= 11 is 0. The van der Waals surface area contributed by atoms with Crippen molar-refractivity contribution < 1.29 is 14.2 Å². The molecule has 7 heteroatoms. The van der Waals surface area contributed by atoms with Gasteiger partial charge in [-0.25, -0.2) is 0 Å². The number of rotatable bonds is 8. The Morgan fingerprint density at radius 3 is 2.45 bits per heavy atom. The van der Waals surface area contributed by atoms with E-state index in [0.29, 0.717) is 6.54 Å². The average molecular weight is 427 g/mol. The van der Waals surface area contributed by atoms with Crippen LogP contribution in [-0.2, 0) is 11.3 Å². The molecule has 1 aliphatic rings. The monoisotopic (exact) mass is 426 g/mol. The number of guanidine groups is 1. The van der Waals surface area contributed by atoms with Gasteiger partial charge < -0.3 is 24.4 Å². The third-order valence-electron chi connectivity index (χ3n) is 5.61. The van der Waals surface area contributed by atoms with Crippen molar-refractivity contribution in [3.63, 3.8) is 0 Å². The second-order valence-corrected chi connectivity index (χ2v) is 7.53. The number of aliphatic imine (C=N–C) groups is 1. The van der Waals surface area contributed by atoms with Crippen LogP contribution in [0.3, 0.4) is 0 Å². The number of nitrogens with one attached hydrogen (secondary N) is 1. The lowest BCUT2D eigenvalue weighted by Crippen LogP contribution is -2.46. The number of methoxy groups -OCH3 is 2. The number of hydrogen-bond acceptors (Lipinski definition) is 5. The van der Waals surface area contributed by atoms with E-state index >= 15 is 0 Å². The van der Waals surface area contributed by atoms with Crippen molar-refractivity contribution in [2.75, 3.05) is 61.2 Å².